The Kier molecular flexibility index (Phi) is 3.52. The molecule has 0 aliphatic carbocycles. The molecule has 0 atom stereocenters. The normalized spacial score (nSPS) is 10.1. The zero-order valence-electron chi connectivity index (χ0n) is 8.69. The molecule has 2 rings (SSSR count). The zero-order valence-corrected chi connectivity index (χ0v) is 10.3. The van der Waals surface area contributed by atoms with Crippen LogP contribution in [-0.4, -0.2) is 6.29 Å². The molecular formula is C14H11BrO. The van der Waals surface area contributed by atoms with Crippen molar-refractivity contribution in [2.75, 3.05) is 0 Å². The van der Waals surface area contributed by atoms with Crippen molar-refractivity contribution < 1.29 is 4.79 Å². The van der Waals surface area contributed by atoms with Gasteiger partial charge in [-0.05, 0) is 28.8 Å². The maximum Gasteiger partial charge on any atom is 0.150 e. The van der Waals surface area contributed by atoms with Crippen molar-refractivity contribution in [3.8, 4) is 11.1 Å². The zero-order chi connectivity index (χ0) is 11.4. The molecule has 16 heavy (non-hydrogen) atoms. The maximum absolute atomic E-state index is 10.8. The lowest BCUT2D eigenvalue weighted by Crippen LogP contribution is -1.87. The topological polar surface area (TPSA) is 17.1 Å². The smallest absolute Gasteiger partial charge is 0.150 e. The van der Waals surface area contributed by atoms with Gasteiger partial charge in [-0.25, -0.2) is 0 Å². The second-order valence-electron chi connectivity index (χ2n) is 3.58. The molecule has 0 aliphatic rings. The molecule has 2 heteroatoms. The molecule has 0 unspecified atom stereocenters. The van der Waals surface area contributed by atoms with E-state index in [4.69, 9.17) is 0 Å². The third-order valence-corrected chi connectivity index (χ3v) is 3.06. The van der Waals surface area contributed by atoms with E-state index in [2.05, 4.69) is 22.0 Å². The number of halogens is 1. The molecule has 2 aromatic rings. The van der Waals surface area contributed by atoms with Gasteiger partial charge in [0, 0.05) is 10.9 Å². The number of rotatable bonds is 3. The summed E-state index contributed by atoms with van der Waals surface area (Å²) in [4.78, 5) is 10.8. The lowest BCUT2D eigenvalue weighted by atomic mass is 10.0. The molecule has 0 amide bonds. The van der Waals surface area contributed by atoms with Crippen molar-refractivity contribution in [3.05, 3.63) is 59.7 Å². The second-order valence-corrected chi connectivity index (χ2v) is 4.14. The Morgan fingerprint density at radius 3 is 2.38 bits per heavy atom. The highest BCUT2D eigenvalue weighted by molar-refractivity contribution is 9.08. The summed E-state index contributed by atoms with van der Waals surface area (Å²) in [7, 11) is 0. The molecule has 1 nitrogen and oxygen atoms in total. The molecule has 0 bridgehead atoms. The highest BCUT2D eigenvalue weighted by Gasteiger charge is 2.01. The van der Waals surface area contributed by atoms with Crippen LogP contribution in [0, 0.1) is 0 Å². The number of benzene rings is 2. The predicted octanol–water partition coefficient (Wildman–Crippen LogP) is 4.06. The van der Waals surface area contributed by atoms with Gasteiger partial charge in [0.1, 0.15) is 6.29 Å². The lowest BCUT2D eigenvalue weighted by Gasteiger charge is -2.05. The van der Waals surface area contributed by atoms with E-state index in [0.717, 1.165) is 33.9 Å². The van der Waals surface area contributed by atoms with E-state index in [0.29, 0.717) is 0 Å². The van der Waals surface area contributed by atoms with E-state index in [1.165, 1.54) is 0 Å². The number of alkyl halides is 1. The average molecular weight is 275 g/mol. The van der Waals surface area contributed by atoms with Gasteiger partial charge in [-0.3, -0.25) is 4.79 Å². The molecule has 0 saturated carbocycles. The Morgan fingerprint density at radius 2 is 1.75 bits per heavy atom. The standard InChI is InChI=1S/C14H11BrO/c15-9-11-6-12(10-16)8-14(7-11)13-4-2-1-3-5-13/h1-8,10H,9H2. The summed E-state index contributed by atoms with van der Waals surface area (Å²) in [5.74, 6) is 0. The van der Waals surface area contributed by atoms with E-state index in [1.807, 2.05) is 42.5 Å². The molecule has 2 aromatic carbocycles. The van der Waals surface area contributed by atoms with Gasteiger partial charge in [-0.2, -0.15) is 0 Å². The summed E-state index contributed by atoms with van der Waals surface area (Å²) in [6.45, 7) is 0. The van der Waals surface area contributed by atoms with Crippen LogP contribution in [0.3, 0.4) is 0 Å². The molecule has 0 saturated heterocycles. The minimum absolute atomic E-state index is 0.718. The quantitative estimate of drug-likeness (QED) is 0.609. The van der Waals surface area contributed by atoms with Gasteiger partial charge in [-0.15, -0.1) is 0 Å². The molecule has 0 N–H and O–H groups in total. The summed E-state index contributed by atoms with van der Waals surface area (Å²) < 4.78 is 0. The van der Waals surface area contributed by atoms with Gasteiger partial charge in [-0.1, -0.05) is 52.3 Å². The number of hydrogen-bond acceptors (Lipinski definition) is 1. The van der Waals surface area contributed by atoms with Gasteiger partial charge in [0.15, 0.2) is 0 Å². The first-order chi connectivity index (χ1) is 7.83. The summed E-state index contributed by atoms with van der Waals surface area (Å²) in [6.07, 6.45) is 0.888. The average Bonchev–Trinajstić information content (AvgIpc) is 2.39. The Morgan fingerprint density at radius 1 is 1.00 bits per heavy atom. The van der Waals surface area contributed by atoms with E-state index in [-0.39, 0.29) is 0 Å². The maximum atomic E-state index is 10.8. The van der Waals surface area contributed by atoms with Crippen molar-refractivity contribution in [1.82, 2.24) is 0 Å². The summed E-state index contributed by atoms with van der Waals surface area (Å²) in [5, 5.41) is 0.758. The Bertz CT molecular complexity index is 491. The van der Waals surface area contributed by atoms with Crippen LogP contribution in [-0.2, 0) is 5.33 Å². The lowest BCUT2D eigenvalue weighted by molar-refractivity contribution is 0.112. The van der Waals surface area contributed by atoms with Crippen molar-refractivity contribution in [2.45, 2.75) is 5.33 Å². The first-order valence-electron chi connectivity index (χ1n) is 5.04. The molecule has 0 fully saturated rings. The monoisotopic (exact) mass is 274 g/mol. The highest BCUT2D eigenvalue weighted by atomic mass is 79.9. The number of hydrogen-bond donors (Lipinski definition) is 0. The number of carbonyl (C=O) groups is 1. The second kappa shape index (κ2) is 5.08. The number of carbonyl (C=O) groups excluding carboxylic acids is 1. The molecule has 80 valence electrons. The van der Waals surface area contributed by atoms with E-state index in [9.17, 15) is 4.79 Å². The SMILES string of the molecule is O=Cc1cc(CBr)cc(-c2ccccc2)c1. The Hall–Kier alpha value is -1.41. The first kappa shape index (κ1) is 11.1. The van der Waals surface area contributed by atoms with Crippen LogP contribution in [0.5, 0.6) is 0 Å². The van der Waals surface area contributed by atoms with Crippen LogP contribution >= 0.6 is 15.9 Å². The molecule has 0 radical (unpaired) electrons. The Labute approximate surface area is 103 Å². The van der Waals surface area contributed by atoms with Crippen molar-refractivity contribution >= 4 is 22.2 Å². The highest BCUT2D eigenvalue weighted by Crippen LogP contribution is 2.22. The first-order valence-corrected chi connectivity index (χ1v) is 6.16. The van der Waals surface area contributed by atoms with Crippen LogP contribution in [0.1, 0.15) is 15.9 Å². The molecule has 0 aromatic heterocycles. The number of aldehydes is 1. The van der Waals surface area contributed by atoms with Gasteiger partial charge in [0.05, 0.1) is 0 Å². The van der Waals surface area contributed by atoms with Crippen molar-refractivity contribution in [2.24, 2.45) is 0 Å². The van der Waals surface area contributed by atoms with E-state index >= 15 is 0 Å². The van der Waals surface area contributed by atoms with Crippen molar-refractivity contribution in [3.63, 3.8) is 0 Å². The third-order valence-electron chi connectivity index (χ3n) is 2.41. The van der Waals surface area contributed by atoms with Crippen LogP contribution in [0.4, 0.5) is 0 Å². The van der Waals surface area contributed by atoms with Crippen LogP contribution in [0.2, 0.25) is 0 Å². The van der Waals surface area contributed by atoms with Gasteiger partial charge in [0.25, 0.3) is 0 Å². The van der Waals surface area contributed by atoms with Gasteiger partial charge >= 0.3 is 0 Å². The fourth-order valence-electron chi connectivity index (χ4n) is 1.66. The largest absolute Gasteiger partial charge is 0.298 e. The Balaban J connectivity index is 2.52. The third kappa shape index (κ3) is 2.39. The molecule has 0 spiro atoms. The van der Waals surface area contributed by atoms with Crippen LogP contribution in [0.15, 0.2) is 48.5 Å². The predicted molar refractivity (Wildman–Crippen MR) is 69.9 cm³/mol. The van der Waals surface area contributed by atoms with Gasteiger partial charge in [0.2, 0.25) is 0 Å². The van der Waals surface area contributed by atoms with E-state index in [1.54, 1.807) is 0 Å². The summed E-state index contributed by atoms with van der Waals surface area (Å²) >= 11 is 3.41. The van der Waals surface area contributed by atoms with E-state index < -0.39 is 0 Å². The molecule has 0 aliphatic heterocycles. The van der Waals surface area contributed by atoms with Gasteiger partial charge < -0.3 is 0 Å². The summed E-state index contributed by atoms with van der Waals surface area (Å²) in [6, 6.07) is 16.0. The minimum atomic E-state index is 0.718. The molecule has 0 heterocycles. The minimum Gasteiger partial charge on any atom is -0.298 e. The van der Waals surface area contributed by atoms with Crippen LogP contribution in [0.25, 0.3) is 11.1 Å². The van der Waals surface area contributed by atoms with Crippen molar-refractivity contribution in [1.29, 1.82) is 0 Å². The van der Waals surface area contributed by atoms with Crippen LogP contribution < -0.4 is 0 Å². The fourth-order valence-corrected chi connectivity index (χ4v) is 1.98. The fraction of sp³-hybridized carbons (Fsp3) is 0.0714. The molecular weight excluding hydrogens is 264 g/mol. The summed E-state index contributed by atoms with van der Waals surface area (Å²) in [5.41, 5.74) is 4.05.